The fourth-order valence-electron chi connectivity index (χ4n) is 5.90. The maximum Gasteiger partial charge on any atom is 0.352 e. The molecule has 3 aliphatic heterocycles. The third-order valence-corrected chi connectivity index (χ3v) is 11.0. The fourth-order valence-corrected chi connectivity index (χ4v) is 8.35. The Bertz CT molecular complexity index is 1830. The third-order valence-electron chi connectivity index (χ3n) is 8.54. The van der Waals surface area contributed by atoms with Gasteiger partial charge in [-0.05, 0) is 18.1 Å². The number of nitrogens with zero attached hydrogens (tertiary/aromatic N) is 5. The Balaban J connectivity index is 1.35. The number of thioether (sulfide) groups is 2. The molecule has 5 rings (SSSR count). The number of nitrogens with two attached hydrogens (primary N) is 1. The number of piperazine rings is 1. The minimum Gasteiger partial charge on any atom is -0.477 e. The minimum absolute atomic E-state index is 0.00339. The molecule has 2 unspecified atom stereocenters. The molecule has 2 fully saturated rings. The highest BCUT2D eigenvalue weighted by molar-refractivity contribution is 8.01. The van der Waals surface area contributed by atoms with Crippen molar-refractivity contribution < 1.29 is 48.1 Å². The van der Waals surface area contributed by atoms with E-state index in [0.717, 1.165) is 21.6 Å². The summed E-state index contributed by atoms with van der Waals surface area (Å²) in [5, 5.41) is 18.1. The minimum atomic E-state index is -2.08. The number of β-lactam (4-membered cyclic amide) rings is 1. The molecule has 274 valence electrons. The maximum atomic E-state index is 14.0. The predicted molar refractivity (Wildman–Crippen MR) is 185 cm³/mol. The number of carboxylic acid groups (broad SMARTS) is 1. The number of rotatable bonds is 14. The topological polar surface area (TPSA) is 236 Å². The van der Waals surface area contributed by atoms with Gasteiger partial charge in [-0.2, -0.15) is 5.01 Å². The second-order valence-electron chi connectivity index (χ2n) is 11.8. The molecular weight excluding hydrogens is 719 g/mol. The highest BCUT2D eigenvalue weighted by Gasteiger charge is 2.66. The van der Waals surface area contributed by atoms with Crippen LogP contribution in [0.25, 0.3) is 0 Å². The van der Waals surface area contributed by atoms with Crippen LogP contribution in [0.2, 0.25) is 0 Å². The predicted octanol–water partition coefficient (Wildman–Crippen LogP) is -1.93. The Hall–Kier alpha value is -5.63. The molecule has 18 nitrogen and oxygen atoms in total. The summed E-state index contributed by atoms with van der Waals surface area (Å²) in [5.41, 5.74) is 3.58. The lowest BCUT2D eigenvalue weighted by molar-refractivity contribution is -0.689. The number of aromatic nitrogens is 1. The second kappa shape index (κ2) is 15.7. The van der Waals surface area contributed by atoms with Crippen molar-refractivity contribution in [2.24, 2.45) is 5.73 Å². The summed E-state index contributed by atoms with van der Waals surface area (Å²) in [6.07, 6.45) is 3.63. The Morgan fingerprint density at radius 3 is 2.42 bits per heavy atom. The maximum absolute atomic E-state index is 14.0. The molecule has 0 bridgehead atoms. The van der Waals surface area contributed by atoms with Crippen LogP contribution in [0.15, 0.2) is 71.0 Å². The Labute approximate surface area is 305 Å². The van der Waals surface area contributed by atoms with E-state index in [1.54, 1.807) is 66.4 Å². The third kappa shape index (κ3) is 7.38. The summed E-state index contributed by atoms with van der Waals surface area (Å²) < 4.78 is 1.66. The Kier molecular flexibility index (Phi) is 11.4. The zero-order valence-corrected chi connectivity index (χ0v) is 29.6. The lowest BCUT2D eigenvalue weighted by Gasteiger charge is -2.56. The van der Waals surface area contributed by atoms with Crippen LogP contribution in [0.1, 0.15) is 18.5 Å². The quantitative estimate of drug-likeness (QED) is 0.0355. The van der Waals surface area contributed by atoms with Crippen LogP contribution in [0.4, 0.5) is 4.79 Å². The molecule has 6 N–H and O–H groups in total. The van der Waals surface area contributed by atoms with Gasteiger partial charge in [-0.15, -0.1) is 23.5 Å². The van der Waals surface area contributed by atoms with Gasteiger partial charge in [0.05, 0.1) is 7.05 Å². The Morgan fingerprint density at radius 1 is 1.12 bits per heavy atom. The zero-order valence-electron chi connectivity index (χ0n) is 28.0. The molecule has 0 radical (unpaired) electrons. The number of pyridine rings is 1. The van der Waals surface area contributed by atoms with Crippen molar-refractivity contribution in [1.82, 2.24) is 30.7 Å². The van der Waals surface area contributed by atoms with E-state index >= 15 is 0 Å². The van der Waals surface area contributed by atoms with E-state index < -0.39 is 58.6 Å². The number of fused-ring (bicyclic) bond motifs is 1. The van der Waals surface area contributed by atoms with E-state index in [9.17, 15) is 43.5 Å². The van der Waals surface area contributed by atoms with Gasteiger partial charge in [-0.1, -0.05) is 35.0 Å². The highest BCUT2D eigenvalue weighted by atomic mass is 32.2. The molecule has 20 heteroatoms. The first kappa shape index (κ1) is 37.6. The second-order valence-corrected chi connectivity index (χ2v) is 13.9. The van der Waals surface area contributed by atoms with E-state index in [2.05, 4.69) is 16.0 Å². The van der Waals surface area contributed by atoms with E-state index in [0.29, 0.717) is 10.5 Å². The molecule has 0 spiro atoms. The van der Waals surface area contributed by atoms with Gasteiger partial charge in [-0.3, -0.25) is 38.6 Å². The SMILES string of the molecule is CCN1CCN(C(=O)NC(C(=O)N[C@]2(NC=O)C(=O)N3C(C(=O)O)=C(CSc4cc[n+](N(C)CC(N)=O)cc4)CSC32)c2ccccc2)C(=O)C1=O. The molecule has 0 saturated carbocycles. The number of benzene rings is 1. The molecule has 1 aromatic heterocycles. The Morgan fingerprint density at radius 2 is 1.81 bits per heavy atom. The number of primary amides is 1. The molecule has 2 saturated heterocycles. The lowest BCUT2D eigenvalue weighted by Crippen LogP contribution is -2.85. The number of nitrogens with one attached hydrogen (secondary N) is 3. The number of aliphatic carboxylic acids is 1. The van der Waals surface area contributed by atoms with Gasteiger partial charge in [0.25, 0.3) is 5.91 Å². The smallest absolute Gasteiger partial charge is 0.352 e. The van der Waals surface area contributed by atoms with Gasteiger partial charge in [0, 0.05) is 48.2 Å². The van der Waals surface area contributed by atoms with Gasteiger partial charge in [0.2, 0.25) is 36.3 Å². The molecule has 3 aliphatic rings. The average molecular weight is 755 g/mol. The van der Waals surface area contributed by atoms with Crippen molar-refractivity contribution in [2.45, 2.75) is 28.9 Å². The first-order valence-corrected chi connectivity index (χ1v) is 17.9. The summed E-state index contributed by atoms with van der Waals surface area (Å²) in [7, 11) is 1.68. The van der Waals surface area contributed by atoms with Gasteiger partial charge < -0.3 is 31.7 Å². The van der Waals surface area contributed by atoms with Crippen molar-refractivity contribution >= 4 is 71.5 Å². The van der Waals surface area contributed by atoms with Crippen LogP contribution in [-0.4, -0.2) is 124 Å². The van der Waals surface area contributed by atoms with E-state index in [-0.39, 0.29) is 55.4 Å². The standard InChI is InChI=1S/C32H35N9O9S2/c1-3-38-13-14-40(27(46)26(38)45)31(50)35-23(19-7-5-4-6-8-19)25(44)36-32(34-18-42)29(49)41-24(28(47)48)20(17-52-30(32)41)16-51-21-9-11-39(12-10-21)37(2)15-22(33)43/h4-12,18,23,30H,3,13-17H2,1-2H3,(H5-,33,34,35,36,42,43,44,47,48,50)/p+1/t23?,30?,32-/m1/s1. The fraction of sp³-hybridized carbons (Fsp3) is 0.344. The van der Waals surface area contributed by atoms with Gasteiger partial charge in [-0.25, -0.2) is 9.59 Å². The number of carbonyl (C=O) groups excluding carboxylic acids is 7. The molecule has 52 heavy (non-hydrogen) atoms. The van der Waals surface area contributed by atoms with Crippen molar-refractivity contribution in [2.75, 3.05) is 49.7 Å². The number of imide groups is 1. The van der Waals surface area contributed by atoms with E-state index in [1.165, 1.54) is 28.8 Å². The van der Waals surface area contributed by atoms with Crippen LogP contribution < -0.4 is 31.4 Å². The summed E-state index contributed by atoms with van der Waals surface area (Å²) in [6.45, 7) is 1.96. The van der Waals surface area contributed by atoms with Gasteiger partial charge >= 0.3 is 23.8 Å². The van der Waals surface area contributed by atoms with Crippen LogP contribution in [0.5, 0.6) is 0 Å². The normalized spacial score (nSPS) is 20.4. The summed E-state index contributed by atoms with van der Waals surface area (Å²) in [5.74, 6) is -5.34. The molecule has 3 atom stereocenters. The molecule has 0 aliphatic carbocycles. The lowest BCUT2D eigenvalue weighted by atomic mass is 9.94. The van der Waals surface area contributed by atoms with Gasteiger partial charge in [0.15, 0.2) is 6.54 Å². The number of carboxylic acids is 1. The van der Waals surface area contributed by atoms with Crippen molar-refractivity contribution in [3.63, 3.8) is 0 Å². The van der Waals surface area contributed by atoms with Crippen molar-refractivity contribution in [3.05, 3.63) is 71.7 Å². The first-order valence-electron chi connectivity index (χ1n) is 15.9. The number of amides is 8. The highest BCUT2D eigenvalue weighted by Crippen LogP contribution is 2.46. The molecule has 4 heterocycles. The van der Waals surface area contributed by atoms with Crippen LogP contribution >= 0.6 is 23.5 Å². The molecular formula is C32H36N9O9S2+. The molecule has 2 aromatic rings. The van der Waals surface area contributed by atoms with Crippen LogP contribution in [0, 0.1) is 0 Å². The van der Waals surface area contributed by atoms with Crippen LogP contribution in [-0.2, 0) is 33.6 Å². The monoisotopic (exact) mass is 754 g/mol. The number of carbonyl (C=O) groups is 8. The first-order chi connectivity index (χ1) is 24.8. The average Bonchev–Trinajstić information content (AvgIpc) is 3.13. The van der Waals surface area contributed by atoms with Crippen LogP contribution in [0.3, 0.4) is 0 Å². The van der Waals surface area contributed by atoms with Gasteiger partial charge in [0.1, 0.15) is 17.1 Å². The van der Waals surface area contributed by atoms with E-state index in [1.807, 2.05) is 0 Å². The zero-order chi connectivity index (χ0) is 37.7. The summed E-state index contributed by atoms with van der Waals surface area (Å²) >= 11 is 2.45. The summed E-state index contributed by atoms with van der Waals surface area (Å²) in [6, 6.07) is 8.94. The van der Waals surface area contributed by atoms with E-state index in [4.69, 9.17) is 5.73 Å². The number of likely N-dealkylation sites (N-methyl/N-ethyl adjacent to an activating group) is 2. The number of urea groups is 1. The largest absolute Gasteiger partial charge is 0.477 e. The summed E-state index contributed by atoms with van der Waals surface area (Å²) in [4.78, 5) is 106. The molecule has 8 amide bonds. The van der Waals surface area contributed by atoms with Crippen molar-refractivity contribution in [1.29, 1.82) is 0 Å². The number of hydrogen-bond acceptors (Lipinski definition) is 11. The molecule has 1 aromatic carbocycles. The van der Waals surface area contributed by atoms with Crippen molar-refractivity contribution in [3.8, 4) is 0 Å². The number of hydrogen-bond donors (Lipinski definition) is 5.